The minimum atomic E-state index is -0.514. The summed E-state index contributed by atoms with van der Waals surface area (Å²) in [6.07, 6.45) is 4.32. The quantitative estimate of drug-likeness (QED) is 0.511. The summed E-state index contributed by atoms with van der Waals surface area (Å²) in [5.41, 5.74) is 1.47. The van der Waals surface area contributed by atoms with Gasteiger partial charge in [-0.05, 0) is 37.7 Å². The number of anilines is 1. The lowest BCUT2D eigenvalue weighted by molar-refractivity contribution is -0.384. The fourth-order valence-corrected chi connectivity index (χ4v) is 2.86. The lowest BCUT2D eigenvalue weighted by Crippen LogP contribution is -2.20. The van der Waals surface area contributed by atoms with Crippen molar-refractivity contribution in [3.05, 3.63) is 45.8 Å². The Morgan fingerprint density at radius 2 is 2.25 bits per heavy atom. The van der Waals surface area contributed by atoms with Crippen molar-refractivity contribution in [2.24, 2.45) is 11.8 Å². The van der Waals surface area contributed by atoms with Gasteiger partial charge in [0.15, 0.2) is 0 Å². The largest absolute Gasteiger partial charge is 0.382 e. The van der Waals surface area contributed by atoms with Gasteiger partial charge >= 0.3 is 0 Å². The highest BCUT2D eigenvalue weighted by molar-refractivity contribution is 5.52. The van der Waals surface area contributed by atoms with Crippen molar-refractivity contribution in [2.75, 3.05) is 11.9 Å². The van der Waals surface area contributed by atoms with Crippen molar-refractivity contribution in [2.45, 2.75) is 26.7 Å². The molecule has 0 heterocycles. The van der Waals surface area contributed by atoms with E-state index in [1.807, 2.05) is 0 Å². The van der Waals surface area contributed by atoms with E-state index in [0.717, 1.165) is 18.9 Å². The maximum atomic E-state index is 13.6. The van der Waals surface area contributed by atoms with Crippen molar-refractivity contribution in [3.8, 4) is 0 Å². The molecule has 0 saturated carbocycles. The van der Waals surface area contributed by atoms with Gasteiger partial charge in [-0.25, -0.2) is 4.39 Å². The number of non-ortho nitro benzene ring substituents is 1. The lowest BCUT2D eigenvalue weighted by Gasteiger charge is -2.26. The van der Waals surface area contributed by atoms with Crippen molar-refractivity contribution >= 4 is 11.4 Å². The Morgan fingerprint density at radius 1 is 1.50 bits per heavy atom. The molecule has 108 valence electrons. The normalized spacial score (nSPS) is 22.2. The van der Waals surface area contributed by atoms with E-state index < -0.39 is 10.7 Å². The zero-order valence-electron chi connectivity index (χ0n) is 11.7. The highest BCUT2D eigenvalue weighted by atomic mass is 19.1. The summed E-state index contributed by atoms with van der Waals surface area (Å²) in [6, 6.07) is 3.56. The van der Waals surface area contributed by atoms with Crippen molar-refractivity contribution in [3.63, 3.8) is 0 Å². The number of nitrogens with one attached hydrogen (secondary N) is 1. The Bertz CT molecular complexity index is 543. The van der Waals surface area contributed by atoms with Crippen LogP contribution in [0.2, 0.25) is 0 Å². The van der Waals surface area contributed by atoms with Crippen LogP contribution in [0.1, 0.15) is 26.7 Å². The predicted octanol–water partition coefficient (Wildman–Crippen LogP) is 4.14. The second-order valence-corrected chi connectivity index (χ2v) is 5.60. The molecule has 4 nitrogen and oxygen atoms in total. The molecule has 0 radical (unpaired) electrons. The van der Waals surface area contributed by atoms with Gasteiger partial charge in [0.25, 0.3) is 5.69 Å². The Labute approximate surface area is 117 Å². The first-order chi connectivity index (χ1) is 9.45. The van der Waals surface area contributed by atoms with E-state index in [-0.39, 0.29) is 11.4 Å². The number of nitro groups is 1. The highest BCUT2D eigenvalue weighted by Gasteiger charge is 2.19. The first-order valence-corrected chi connectivity index (χ1v) is 6.81. The number of benzene rings is 1. The zero-order valence-corrected chi connectivity index (χ0v) is 11.7. The average molecular weight is 278 g/mol. The van der Waals surface area contributed by atoms with Crippen molar-refractivity contribution in [1.82, 2.24) is 0 Å². The van der Waals surface area contributed by atoms with Crippen LogP contribution in [-0.2, 0) is 0 Å². The monoisotopic (exact) mass is 278 g/mol. The van der Waals surface area contributed by atoms with Crippen LogP contribution in [0.25, 0.3) is 0 Å². The SMILES string of the molecule is CC1=CC(C)CC(CNc2cc([N+](=O)[O-])ccc2F)C1. The molecule has 20 heavy (non-hydrogen) atoms. The number of allylic oxidation sites excluding steroid dienone is 2. The fourth-order valence-electron chi connectivity index (χ4n) is 2.86. The third kappa shape index (κ3) is 3.56. The minimum absolute atomic E-state index is 0.0954. The van der Waals surface area contributed by atoms with Crippen molar-refractivity contribution in [1.29, 1.82) is 0 Å². The molecule has 0 saturated heterocycles. The summed E-state index contributed by atoms with van der Waals surface area (Å²) in [5, 5.41) is 13.7. The highest BCUT2D eigenvalue weighted by Crippen LogP contribution is 2.29. The summed E-state index contributed by atoms with van der Waals surface area (Å²) in [5.74, 6) is 0.519. The van der Waals surface area contributed by atoms with E-state index in [9.17, 15) is 14.5 Å². The molecule has 2 atom stereocenters. The Morgan fingerprint density at radius 3 is 2.90 bits per heavy atom. The topological polar surface area (TPSA) is 55.2 Å². The first kappa shape index (κ1) is 14.5. The summed E-state index contributed by atoms with van der Waals surface area (Å²) < 4.78 is 13.6. The van der Waals surface area contributed by atoms with Crippen LogP contribution in [0.3, 0.4) is 0 Å². The number of nitro benzene ring substituents is 1. The van der Waals surface area contributed by atoms with Crippen LogP contribution < -0.4 is 5.32 Å². The third-order valence-corrected chi connectivity index (χ3v) is 3.63. The van der Waals surface area contributed by atoms with Gasteiger partial charge in [-0.2, -0.15) is 0 Å². The third-order valence-electron chi connectivity index (χ3n) is 3.63. The molecule has 1 aromatic rings. The second-order valence-electron chi connectivity index (χ2n) is 5.60. The second kappa shape index (κ2) is 6.03. The number of nitrogens with zero attached hydrogens (tertiary/aromatic N) is 1. The van der Waals surface area contributed by atoms with Gasteiger partial charge in [-0.15, -0.1) is 0 Å². The van der Waals surface area contributed by atoms with E-state index in [1.165, 1.54) is 17.7 Å². The number of rotatable bonds is 4. The van der Waals surface area contributed by atoms with Gasteiger partial charge in [-0.1, -0.05) is 18.6 Å². The van der Waals surface area contributed by atoms with E-state index in [4.69, 9.17) is 0 Å². The molecule has 1 N–H and O–H groups in total. The Balaban J connectivity index is 2.02. The molecule has 0 spiro atoms. The lowest BCUT2D eigenvalue weighted by atomic mass is 9.84. The summed E-state index contributed by atoms with van der Waals surface area (Å²) in [6.45, 7) is 4.91. The molecule has 0 bridgehead atoms. The van der Waals surface area contributed by atoms with Gasteiger partial charge in [0, 0.05) is 18.7 Å². The maximum absolute atomic E-state index is 13.6. The molecule has 2 unspecified atom stereocenters. The zero-order chi connectivity index (χ0) is 14.7. The first-order valence-electron chi connectivity index (χ1n) is 6.81. The summed E-state index contributed by atoms with van der Waals surface area (Å²) >= 11 is 0. The van der Waals surface area contributed by atoms with Crippen LogP contribution in [0, 0.1) is 27.8 Å². The number of hydrogen-bond donors (Lipinski definition) is 1. The maximum Gasteiger partial charge on any atom is 0.271 e. The van der Waals surface area contributed by atoms with E-state index >= 15 is 0 Å². The molecule has 0 fully saturated rings. The standard InChI is InChI=1S/C15H19FN2O2/c1-10-5-11(2)7-12(6-10)9-17-15-8-13(18(19)20)3-4-14(15)16/h3-5,8,10,12,17H,6-7,9H2,1-2H3. The molecule has 2 rings (SSSR count). The molecule has 0 aliphatic heterocycles. The Hall–Kier alpha value is -1.91. The summed E-state index contributed by atoms with van der Waals surface area (Å²) in [7, 11) is 0. The molecular weight excluding hydrogens is 259 g/mol. The molecule has 1 aliphatic carbocycles. The fraction of sp³-hybridized carbons (Fsp3) is 0.467. The van der Waals surface area contributed by atoms with E-state index in [1.54, 1.807) is 0 Å². The Kier molecular flexibility index (Phi) is 4.37. The molecule has 5 heteroatoms. The number of halogens is 1. The van der Waals surface area contributed by atoms with Gasteiger partial charge in [0.1, 0.15) is 5.82 Å². The summed E-state index contributed by atoms with van der Waals surface area (Å²) in [4.78, 5) is 10.2. The number of hydrogen-bond acceptors (Lipinski definition) is 3. The van der Waals surface area contributed by atoms with Crippen LogP contribution in [0.5, 0.6) is 0 Å². The molecule has 1 aromatic carbocycles. The van der Waals surface area contributed by atoms with Crippen LogP contribution >= 0.6 is 0 Å². The molecule has 0 amide bonds. The van der Waals surface area contributed by atoms with E-state index in [0.29, 0.717) is 18.4 Å². The smallest absolute Gasteiger partial charge is 0.271 e. The molecule has 1 aliphatic rings. The van der Waals surface area contributed by atoms with Crippen molar-refractivity contribution < 1.29 is 9.31 Å². The average Bonchev–Trinajstić information content (AvgIpc) is 2.36. The molecular formula is C15H19FN2O2. The van der Waals surface area contributed by atoms with Crippen LogP contribution in [-0.4, -0.2) is 11.5 Å². The van der Waals surface area contributed by atoms with Gasteiger partial charge in [0.2, 0.25) is 0 Å². The van der Waals surface area contributed by atoms with Crippen LogP contribution in [0.15, 0.2) is 29.8 Å². The molecule has 0 aromatic heterocycles. The predicted molar refractivity (Wildman–Crippen MR) is 77.2 cm³/mol. The van der Waals surface area contributed by atoms with Gasteiger partial charge in [-0.3, -0.25) is 10.1 Å². The van der Waals surface area contributed by atoms with Gasteiger partial charge in [0.05, 0.1) is 10.6 Å². The van der Waals surface area contributed by atoms with Crippen LogP contribution in [0.4, 0.5) is 15.8 Å². The van der Waals surface area contributed by atoms with E-state index in [2.05, 4.69) is 25.2 Å². The van der Waals surface area contributed by atoms with Gasteiger partial charge < -0.3 is 5.32 Å². The minimum Gasteiger partial charge on any atom is -0.382 e.